The predicted molar refractivity (Wildman–Crippen MR) is 61.6 cm³/mol. The van der Waals surface area contributed by atoms with E-state index in [2.05, 4.69) is 5.32 Å². The van der Waals surface area contributed by atoms with E-state index in [1.807, 2.05) is 13.8 Å². The molecule has 1 aliphatic rings. The molecule has 6 heteroatoms. The standard InChI is InChI=1S/C11H20N2O4/c1-7(2)13(5-8-3-4-8)11(17)12-9(6-14)10(15)16/h7-9,14H,3-6H2,1-2H3,(H,12,17)(H,15,16)/t9-/m1/s1. The molecule has 1 aliphatic carbocycles. The van der Waals surface area contributed by atoms with Crippen molar-refractivity contribution in [2.75, 3.05) is 13.2 Å². The summed E-state index contributed by atoms with van der Waals surface area (Å²) < 4.78 is 0. The van der Waals surface area contributed by atoms with Crippen LogP contribution in [0, 0.1) is 5.92 Å². The van der Waals surface area contributed by atoms with Crippen LogP contribution >= 0.6 is 0 Å². The molecule has 1 fully saturated rings. The van der Waals surface area contributed by atoms with E-state index < -0.39 is 24.6 Å². The zero-order valence-electron chi connectivity index (χ0n) is 10.2. The van der Waals surface area contributed by atoms with Crippen molar-refractivity contribution in [3.8, 4) is 0 Å². The molecule has 3 N–H and O–H groups in total. The number of hydrogen-bond acceptors (Lipinski definition) is 3. The van der Waals surface area contributed by atoms with Gasteiger partial charge in [-0.3, -0.25) is 0 Å². The first-order chi connectivity index (χ1) is 7.95. The highest BCUT2D eigenvalue weighted by molar-refractivity contribution is 5.82. The van der Waals surface area contributed by atoms with Crippen molar-refractivity contribution in [3.05, 3.63) is 0 Å². The Morgan fingerprint density at radius 3 is 2.35 bits per heavy atom. The number of urea groups is 1. The molecule has 0 heterocycles. The molecule has 17 heavy (non-hydrogen) atoms. The van der Waals surface area contributed by atoms with E-state index in [4.69, 9.17) is 10.2 Å². The summed E-state index contributed by atoms with van der Waals surface area (Å²) in [7, 11) is 0. The molecule has 0 saturated heterocycles. The number of aliphatic hydroxyl groups is 1. The average molecular weight is 244 g/mol. The Morgan fingerprint density at radius 1 is 1.41 bits per heavy atom. The highest BCUT2D eigenvalue weighted by atomic mass is 16.4. The maximum absolute atomic E-state index is 11.9. The van der Waals surface area contributed by atoms with Gasteiger partial charge < -0.3 is 20.4 Å². The highest BCUT2D eigenvalue weighted by Crippen LogP contribution is 2.30. The first-order valence-electron chi connectivity index (χ1n) is 5.86. The number of amides is 2. The van der Waals surface area contributed by atoms with Crippen LogP contribution in [-0.4, -0.2) is 52.3 Å². The van der Waals surface area contributed by atoms with Gasteiger partial charge in [-0.2, -0.15) is 0 Å². The zero-order valence-corrected chi connectivity index (χ0v) is 10.2. The average Bonchev–Trinajstić information content (AvgIpc) is 3.04. The number of aliphatic hydroxyl groups excluding tert-OH is 1. The summed E-state index contributed by atoms with van der Waals surface area (Å²) in [5.41, 5.74) is 0. The number of carboxylic acids is 1. The van der Waals surface area contributed by atoms with E-state index in [1.165, 1.54) is 0 Å². The minimum Gasteiger partial charge on any atom is -0.480 e. The molecule has 0 radical (unpaired) electrons. The number of carboxylic acid groups (broad SMARTS) is 1. The van der Waals surface area contributed by atoms with E-state index in [9.17, 15) is 9.59 Å². The molecule has 1 atom stereocenters. The maximum Gasteiger partial charge on any atom is 0.328 e. The second-order valence-electron chi connectivity index (χ2n) is 4.71. The molecule has 98 valence electrons. The largest absolute Gasteiger partial charge is 0.480 e. The molecular weight excluding hydrogens is 224 g/mol. The number of carbonyl (C=O) groups is 2. The fourth-order valence-corrected chi connectivity index (χ4v) is 1.52. The van der Waals surface area contributed by atoms with Crippen molar-refractivity contribution in [1.82, 2.24) is 10.2 Å². The number of aliphatic carboxylic acids is 1. The van der Waals surface area contributed by atoms with Gasteiger partial charge in [0.2, 0.25) is 0 Å². The summed E-state index contributed by atoms with van der Waals surface area (Å²) in [6, 6.07) is -1.64. The van der Waals surface area contributed by atoms with Crippen molar-refractivity contribution < 1.29 is 19.8 Å². The monoisotopic (exact) mass is 244 g/mol. The van der Waals surface area contributed by atoms with Crippen LogP contribution in [0.5, 0.6) is 0 Å². The van der Waals surface area contributed by atoms with Crippen molar-refractivity contribution in [2.45, 2.75) is 38.8 Å². The van der Waals surface area contributed by atoms with E-state index in [-0.39, 0.29) is 6.04 Å². The third kappa shape index (κ3) is 4.22. The predicted octanol–water partition coefficient (Wildman–Crippen LogP) is 0.262. The number of hydrogen-bond donors (Lipinski definition) is 3. The van der Waals surface area contributed by atoms with Crippen LogP contribution in [0.3, 0.4) is 0 Å². The third-order valence-electron chi connectivity index (χ3n) is 2.81. The summed E-state index contributed by atoms with van der Waals surface area (Å²) in [5.74, 6) is -0.684. The van der Waals surface area contributed by atoms with Crippen molar-refractivity contribution in [2.24, 2.45) is 5.92 Å². The minimum absolute atomic E-state index is 0.0173. The van der Waals surface area contributed by atoms with E-state index >= 15 is 0 Å². The minimum atomic E-state index is -1.23. The lowest BCUT2D eigenvalue weighted by Crippen LogP contribution is -2.52. The van der Waals surface area contributed by atoms with Gasteiger partial charge in [0.15, 0.2) is 6.04 Å². The summed E-state index contributed by atoms with van der Waals surface area (Å²) in [6.45, 7) is 3.82. The second kappa shape index (κ2) is 5.86. The molecule has 0 spiro atoms. The van der Waals surface area contributed by atoms with Gasteiger partial charge >= 0.3 is 12.0 Å². The second-order valence-corrected chi connectivity index (χ2v) is 4.71. The van der Waals surface area contributed by atoms with E-state index in [1.54, 1.807) is 4.90 Å². The SMILES string of the molecule is CC(C)N(CC1CC1)C(=O)N[C@H](CO)C(=O)O. The van der Waals surface area contributed by atoms with E-state index in [0.717, 1.165) is 12.8 Å². The Labute approximate surface area is 101 Å². The smallest absolute Gasteiger partial charge is 0.328 e. The summed E-state index contributed by atoms with van der Waals surface area (Å²) >= 11 is 0. The Kier molecular flexibility index (Phi) is 4.74. The molecule has 2 amide bonds. The molecule has 6 nitrogen and oxygen atoms in total. The Morgan fingerprint density at radius 2 is 2.00 bits per heavy atom. The molecular formula is C11H20N2O4. The van der Waals surface area contributed by atoms with Crippen molar-refractivity contribution >= 4 is 12.0 Å². The van der Waals surface area contributed by atoms with Crippen molar-refractivity contribution in [1.29, 1.82) is 0 Å². The quantitative estimate of drug-likeness (QED) is 0.625. The molecule has 1 rings (SSSR count). The Balaban J connectivity index is 2.53. The van der Waals surface area contributed by atoms with Gasteiger partial charge in [0.25, 0.3) is 0 Å². The van der Waals surface area contributed by atoms with Gasteiger partial charge in [-0.1, -0.05) is 0 Å². The van der Waals surface area contributed by atoms with Gasteiger partial charge in [0.1, 0.15) is 0 Å². The van der Waals surface area contributed by atoms with Gasteiger partial charge in [0, 0.05) is 12.6 Å². The molecule has 0 aliphatic heterocycles. The topological polar surface area (TPSA) is 89.9 Å². The van der Waals surface area contributed by atoms with Crippen LogP contribution < -0.4 is 5.32 Å². The van der Waals surface area contributed by atoms with Gasteiger partial charge in [-0.15, -0.1) is 0 Å². The fourth-order valence-electron chi connectivity index (χ4n) is 1.52. The lowest BCUT2D eigenvalue weighted by molar-refractivity contribution is -0.140. The van der Waals surface area contributed by atoms with Crippen molar-refractivity contribution in [3.63, 3.8) is 0 Å². The van der Waals surface area contributed by atoms with Gasteiger partial charge in [-0.05, 0) is 32.6 Å². The molecule has 0 aromatic rings. The lowest BCUT2D eigenvalue weighted by atomic mass is 10.2. The van der Waals surface area contributed by atoms with Crippen LogP contribution in [0.25, 0.3) is 0 Å². The fraction of sp³-hybridized carbons (Fsp3) is 0.818. The van der Waals surface area contributed by atoms with Crippen LogP contribution in [-0.2, 0) is 4.79 Å². The number of nitrogens with one attached hydrogen (secondary N) is 1. The summed E-state index contributed by atoms with van der Waals surface area (Å²) in [4.78, 5) is 24.2. The molecule has 1 saturated carbocycles. The van der Waals surface area contributed by atoms with Crippen LogP contribution in [0.2, 0.25) is 0 Å². The Hall–Kier alpha value is -1.30. The molecule has 0 aromatic heterocycles. The first-order valence-corrected chi connectivity index (χ1v) is 5.86. The maximum atomic E-state index is 11.9. The number of nitrogens with zero attached hydrogens (tertiary/aromatic N) is 1. The van der Waals surface area contributed by atoms with Gasteiger partial charge in [-0.25, -0.2) is 9.59 Å². The molecule has 0 unspecified atom stereocenters. The highest BCUT2D eigenvalue weighted by Gasteiger charge is 2.30. The third-order valence-corrected chi connectivity index (χ3v) is 2.81. The molecule has 0 bridgehead atoms. The zero-order chi connectivity index (χ0) is 13.0. The lowest BCUT2D eigenvalue weighted by Gasteiger charge is -2.28. The molecule has 0 aromatic carbocycles. The number of rotatable bonds is 6. The summed E-state index contributed by atoms with van der Waals surface area (Å²) in [6.07, 6.45) is 2.25. The van der Waals surface area contributed by atoms with E-state index in [0.29, 0.717) is 12.5 Å². The van der Waals surface area contributed by atoms with Crippen LogP contribution in [0.1, 0.15) is 26.7 Å². The van der Waals surface area contributed by atoms with Crippen LogP contribution in [0.15, 0.2) is 0 Å². The summed E-state index contributed by atoms with van der Waals surface area (Å²) in [5, 5.41) is 19.9. The normalized spacial score (nSPS) is 16.7. The first kappa shape index (κ1) is 13.8. The van der Waals surface area contributed by atoms with Gasteiger partial charge in [0.05, 0.1) is 6.61 Å². The van der Waals surface area contributed by atoms with Crippen LogP contribution in [0.4, 0.5) is 4.79 Å². The Bertz CT molecular complexity index is 289. The number of carbonyl (C=O) groups excluding carboxylic acids is 1.